The van der Waals surface area contributed by atoms with Gasteiger partial charge < -0.3 is 18.9 Å². The van der Waals surface area contributed by atoms with Crippen LogP contribution in [0.4, 0.5) is 16.5 Å². The van der Waals surface area contributed by atoms with Crippen LogP contribution in [0.3, 0.4) is 0 Å². The first-order chi connectivity index (χ1) is 14.8. The number of ether oxygens (including phenoxy) is 1. The van der Waals surface area contributed by atoms with E-state index in [-0.39, 0.29) is 18.0 Å². The van der Waals surface area contributed by atoms with E-state index in [0.717, 1.165) is 16.0 Å². The Bertz CT molecular complexity index is 1210. The number of hydrogen-bond acceptors (Lipinski definition) is 9. The average Bonchev–Trinajstić information content (AvgIpc) is 3.04. The summed E-state index contributed by atoms with van der Waals surface area (Å²) in [5.74, 6) is 0.547. The van der Waals surface area contributed by atoms with Crippen molar-refractivity contribution in [1.29, 1.82) is 0 Å². The molecule has 12 heteroatoms. The second-order valence-electron chi connectivity index (χ2n) is 6.44. The second-order valence-corrected chi connectivity index (χ2v) is 8.47. The summed E-state index contributed by atoms with van der Waals surface area (Å²) in [5.41, 5.74) is 1.66. The van der Waals surface area contributed by atoms with Gasteiger partial charge in [0.25, 0.3) is 0 Å². The van der Waals surface area contributed by atoms with Gasteiger partial charge in [0.05, 0.1) is 30.6 Å². The van der Waals surface area contributed by atoms with Crippen LogP contribution in [-0.2, 0) is 17.4 Å². The van der Waals surface area contributed by atoms with Crippen LogP contribution in [0.5, 0.6) is 11.5 Å². The molecule has 0 atom stereocenters. The molecule has 0 fully saturated rings. The van der Waals surface area contributed by atoms with Crippen molar-refractivity contribution in [2.75, 3.05) is 31.7 Å². The predicted molar refractivity (Wildman–Crippen MR) is 117 cm³/mol. The van der Waals surface area contributed by atoms with E-state index in [1.807, 2.05) is 41.6 Å². The highest BCUT2D eigenvalue weighted by atomic mass is 32.3. The van der Waals surface area contributed by atoms with E-state index in [9.17, 15) is 13.5 Å². The van der Waals surface area contributed by atoms with Crippen molar-refractivity contribution in [3.63, 3.8) is 0 Å². The molecule has 2 N–H and O–H groups in total. The molecule has 1 heterocycles. The number of methoxy groups -OCH3 is 1. The summed E-state index contributed by atoms with van der Waals surface area (Å²) in [7, 11) is -1.33. The van der Waals surface area contributed by atoms with E-state index in [0.29, 0.717) is 23.9 Å². The molecule has 31 heavy (non-hydrogen) atoms. The van der Waals surface area contributed by atoms with E-state index < -0.39 is 10.4 Å². The summed E-state index contributed by atoms with van der Waals surface area (Å²) in [4.78, 5) is 1.82. The Kier molecular flexibility index (Phi) is 7.05. The van der Waals surface area contributed by atoms with Crippen molar-refractivity contribution in [3.8, 4) is 11.5 Å². The molecule has 0 aliphatic heterocycles. The molecule has 1 aromatic heterocycles. The van der Waals surface area contributed by atoms with Gasteiger partial charge in [-0.1, -0.05) is 0 Å². The number of aromatic nitrogens is 1. The van der Waals surface area contributed by atoms with Crippen molar-refractivity contribution in [2.45, 2.75) is 6.92 Å². The largest absolute Gasteiger partial charge is 0.497 e. The van der Waals surface area contributed by atoms with Gasteiger partial charge in [0.2, 0.25) is 0 Å². The zero-order valence-corrected chi connectivity index (χ0v) is 18.9. The highest BCUT2D eigenvalue weighted by molar-refractivity contribution is 7.81. The number of benzene rings is 2. The van der Waals surface area contributed by atoms with Gasteiger partial charge in [0.15, 0.2) is 11.4 Å². The molecular weight excluding hydrogens is 444 g/mol. The number of azo groups is 1. The lowest BCUT2D eigenvalue weighted by Gasteiger charge is -2.22. The molecule has 0 aliphatic carbocycles. The Balaban J connectivity index is 2.00. The molecule has 2 aromatic carbocycles. The number of aliphatic hydroxyl groups is 1. The zero-order valence-electron chi connectivity index (χ0n) is 17.2. The zero-order chi connectivity index (χ0) is 22.6. The molecule has 0 radical (unpaired) electrons. The van der Waals surface area contributed by atoms with Crippen molar-refractivity contribution in [2.24, 2.45) is 17.3 Å². The van der Waals surface area contributed by atoms with Gasteiger partial charge in [0.1, 0.15) is 11.3 Å². The third-order valence-electron chi connectivity index (χ3n) is 4.52. The Morgan fingerprint density at radius 2 is 1.97 bits per heavy atom. The van der Waals surface area contributed by atoms with Gasteiger partial charge >= 0.3 is 15.5 Å². The van der Waals surface area contributed by atoms with Crippen LogP contribution in [0, 0.1) is 0 Å². The molecule has 0 amide bonds. The van der Waals surface area contributed by atoms with Crippen molar-refractivity contribution >= 4 is 48.5 Å². The maximum atomic E-state index is 11.3. The molecular formula is C19H23N4O6S2+. The summed E-state index contributed by atoms with van der Waals surface area (Å²) < 4.78 is 44.6. The highest BCUT2D eigenvalue weighted by Gasteiger charge is 2.19. The third kappa shape index (κ3) is 5.47. The fourth-order valence-corrected chi connectivity index (χ4v) is 4.35. The van der Waals surface area contributed by atoms with Gasteiger partial charge in [0, 0.05) is 30.9 Å². The highest BCUT2D eigenvalue weighted by Crippen LogP contribution is 2.35. The van der Waals surface area contributed by atoms with Crippen LogP contribution in [0.25, 0.3) is 10.2 Å². The molecule has 0 bridgehead atoms. The number of aryl methyl sites for hydroxylation is 1. The maximum Gasteiger partial charge on any atom is 0.446 e. The number of anilines is 1. The Morgan fingerprint density at radius 3 is 2.61 bits per heavy atom. The average molecular weight is 468 g/mol. The molecule has 0 unspecified atom stereocenters. The fourth-order valence-electron chi connectivity index (χ4n) is 2.99. The lowest BCUT2D eigenvalue weighted by molar-refractivity contribution is -0.627. The monoisotopic (exact) mass is 467 g/mol. The number of rotatable bonds is 9. The Labute approximate surface area is 183 Å². The molecule has 166 valence electrons. The van der Waals surface area contributed by atoms with E-state index in [1.165, 1.54) is 23.5 Å². The topological polar surface area (TPSA) is 125 Å². The van der Waals surface area contributed by atoms with Crippen molar-refractivity contribution in [3.05, 3.63) is 36.4 Å². The minimum Gasteiger partial charge on any atom is -0.497 e. The Hall–Kier alpha value is -2.80. The summed E-state index contributed by atoms with van der Waals surface area (Å²) in [6, 6.07) is 10.3. The van der Waals surface area contributed by atoms with Crippen molar-refractivity contribution < 1.29 is 31.6 Å². The number of nitrogens with zero attached hydrogens (tertiary/aromatic N) is 4. The van der Waals surface area contributed by atoms with Gasteiger partial charge in [-0.15, -0.1) is 0 Å². The summed E-state index contributed by atoms with van der Waals surface area (Å²) in [6.45, 7) is 2.75. The van der Waals surface area contributed by atoms with Gasteiger partial charge in [-0.2, -0.15) is 8.42 Å². The standard InChI is InChI=1S/C19H22N4O6S2/c1-4-23(9-10-24)13-5-7-15(17(11-13)29-31(25,26)27)20-21-19-22(2)16-8-6-14(28-3)12-18(16)30-19/h5-8,11-12,24H,4,9-10H2,1-3H3/p+1. The van der Waals surface area contributed by atoms with Crippen LogP contribution >= 0.6 is 11.3 Å². The molecule has 0 saturated heterocycles. The van der Waals surface area contributed by atoms with E-state index in [2.05, 4.69) is 10.2 Å². The van der Waals surface area contributed by atoms with Gasteiger partial charge in [-0.3, -0.25) is 4.55 Å². The number of hydrogen-bond donors (Lipinski definition) is 2. The third-order valence-corrected chi connectivity index (χ3v) is 5.99. The SMILES string of the molecule is CCN(CCO)c1ccc(N=Nc2sc3cc(OC)ccc3[n+]2C)c(OS(=O)(=O)O)c1. The number of fused-ring (bicyclic) bond motifs is 1. The second kappa shape index (κ2) is 9.56. The smallest absolute Gasteiger partial charge is 0.446 e. The van der Waals surface area contributed by atoms with Crippen LogP contribution in [-0.4, -0.2) is 44.9 Å². The van der Waals surface area contributed by atoms with Gasteiger partial charge in [-0.25, -0.2) is 4.57 Å². The van der Waals surface area contributed by atoms with E-state index in [1.54, 1.807) is 13.2 Å². The molecule has 0 saturated carbocycles. The predicted octanol–water partition coefficient (Wildman–Crippen LogP) is 3.15. The first-order valence-corrected chi connectivity index (χ1v) is 11.5. The van der Waals surface area contributed by atoms with Crippen LogP contribution < -0.4 is 18.4 Å². The number of aliphatic hydroxyl groups excluding tert-OH is 1. The summed E-state index contributed by atoms with van der Waals surface area (Å²) in [5, 5.41) is 18.2. The first-order valence-electron chi connectivity index (χ1n) is 9.30. The molecule has 3 rings (SSSR count). The van der Waals surface area contributed by atoms with Gasteiger partial charge in [-0.05, 0) is 47.6 Å². The van der Waals surface area contributed by atoms with Crippen molar-refractivity contribution in [1.82, 2.24) is 0 Å². The summed E-state index contributed by atoms with van der Waals surface area (Å²) in [6.07, 6.45) is 0. The Morgan fingerprint density at radius 1 is 1.19 bits per heavy atom. The first kappa shape index (κ1) is 22.9. The number of likely N-dealkylation sites (N-methyl/N-ethyl adjacent to an activating group) is 1. The van der Waals surface area contributed by atoms with E-state index >= 15 is 0 Å². The summed E-state index contributed by atoms with van der Waals surface area (Å²) >= 11 is 1.39. The fraction of sp³-hybridized carbons (Fsp3) is 0.316. The quantitative estimate of drug-likeness (QED) is 0.281. The normalized spacial score (nSPS) is 11.9. The molecule has 10 nitrogen and oxygen atoms in total. The molecule has 0 aliphatic rings. The van der Waals surface area contributed by atoms with Crippen LogP contribution in [0.2, 0.25) is 0 Å². The minimum atomic E-state index is -4.77. The van der Waals surface area contributed by atoms with Crippen LogP contribution in [0.1, 0.15) is 6.92 Å². The molecule has 3 aromatic rings. The number of thiazole rings is 1. The lowest BCUT2D eigenvalue weighted by atomic mass is 10.2. The lowest BCUT2D eigenvalue weighted by Crippen LogP contribution is -2.26. The maximum absolute atomic E-state index is 11.3. The minimum absolute atomic E-state index is 0.0724. The van der Waals surface area contributed by atoms with E-state index in [4.69, 9.17) is 13.5 Å². The van der Waals surface area contributed by atoms with Crippen LogP contribution in [0.15, 0.2) is 46.6 Å². The molecule has 0 spiro atoms.